The van der Waals surface area contributed by atoms with Crippen LogP contribution in [0.5, 0.6) is 0 Å². The van der Waals surface area contributed by atoms with Gasteiger partial charge in [0.05, 0.1) is 25.4 Å². The summed E-state index contributed by atoms with van der Waals surface area (Å²) in [6.07, 6.45) is 2.06. The quantitative estimate of drug-likeness (QED) is 0.293. The van der Waals surface area contributed by atoms with Crippen LogP contribution in [0.25, 0.3) is 0 Å². The Kier molecular flexibility index (Phi) is 8.36. The van der Waals surface area contributed by atoms with Crippen molar-refractivity contribution in [2.75, 3.05) is 13.2 Å². The molecule has 0 aromatic rings. The van der Waals surface area contributed by atoms with Gasteiger partial charge in [-0.1, -0.05) is 33.3 Å². The molecule has 1 aliphatic heterocycles. The van der Waals surface area contributed by atoms with Gasteiger partial charge >= 0.3 is 23.9 Å². The number of carbonyl (C=O) groups excluding carboxylic acids is 2. The summed E-state index contributed by atoms with van der Waals surface area (Å²) in [6, 6.07) is 0. The second kappa shape index (κ2) is 10.8. The van der Waals surface area contributed by atoms with Gasteiger partial charge in [0.1, 0.15) is 6.23 Å². The van der Waals surface area contributed by atoms with Crippen LogP contribution < -0.4 is 0 Å². The Bertz CT molecular complexity index is 988. The molecule has 1 saturated carbocycles. The summed E-state index contributed by atoms with van der Waals surface area (Å²) >= 11 is 0. The first-order chi connectivity index (χ1) is 17.2. The summed E-state index contributed by atoms with van der Waals surface area (Å²) in [6.45, 7) is 6.30. The monoisotopic (exact) mass is 523 g/mol. The number of esters is 1. The lowest BCUT2D eigenvalue weighted by molar-refractivity contribution is -0.158. The number of carbonyl (C=O) groups is 5. The van der Waals surface area contributed by atoms with Gasteiger partial charge in [0.2, 0.25) is 0 Å². The van der Waals surface area contributed by atoms with Gasteiger partial charge in [-0.15, -0.1) is 0 Å². The van der Waals surface area contributed by atoms with E-state index >= 15 is 0 Å². The molecule has 2 fully saturated rings. The zero-order valence-corrected chi connectivity index (χ0v) is 21.5. The Morgan fingerprint density at radius 1 is 1.08 bits per heavy atom. The van der Waals surface area contributed by atoms with Crippen molar-refractivity contribution in [3.63, 3.8) is 0 Å². The average molecular weight is 524 g/mol. The van der Waals surface area contributed by atoms with E-state index in [4.69, 9.17) is 14.9 Å². The molecule has 1 heterocycles. The van der Waals surface area contributed by atoms with E-state index in [0.29, 0.717) is 5.57 Å². The number of aliphatic hydroxyl groups is 1. The van der Waals surface area contributed by atoms with Crippen molar-refractivity contribution in [3.8, 4) is 0 Å². The predicted octanol–water partition coefficient (Wildman–Crippen LogP) is 2.13. The van der Waals surface area contributed by atoms with E-state index in [2.05, 4.69) is 20.8 Å². The topological polar surface area (TPSA) is 179 Å². The number of amides is 1. The van der Waals surface area contributed by atoms with Crippen LogP contribution in [0.15, 0.2) is 11.6 Å². The van der Waals surface area contributed by atoms with Gasteiger partial charge in [0.15, 0.2) is 0 Å². The van der Waals surface area contributed by atoms with Crippen molar-refractivity contribution in [3.05, 3.63) is 11.6 Å². The fourth-order valence-corrected chi connectivity index (χ4v) is 7.19. The number of ether oxygens (including phenoxy) is 1. The highest BCUT2D eigenvalue weighted by Gasteiger charge is 2.62. The smallest absolute Gasteiger partial charge is 0.307 e. The third-order valence-corrected chi connectivity index (χ3v) is 8.49. The zero-order valence-electron chi connectivity index (χ0n) is 21.5. The number of aliphatic carboxylic acids is 3. The molecular weight excluding hydrogens is 486 g/mol. The fraction of sp³-hybridized carbons (Fsp3) is 0.731. The van der Waals surface area contributed by atoms with Crippen molar-refractivity contribution < 1.29 is 49.1 Å². The van der Waals surface area contributed by atoms with Crippen molar-refractivity contribution in [2.24, 2.45) is 34.5 Å². The number of hydrogen-bond acceptors (Lipinski definition) is 7. The molecule has 4 N–H and O–H groups in total. The SMILES string of the molecule is CC1(C)CCCC2(C)C3C(=C[C@H](COC(=O)C[C@H](CC(=O)O)C(=O)O)[C@@H]12)C(=O)N(CCCC(=O)O)[C@H]3O. The number of carboxylic acids is 3. The van der Waals surface area contributed by atoms with Crippen LogP contribution in [0.2, 0.25) is 0 Å². The minimum atomic E-state index is -1.40. The number of fused-ring (bicyclic) bond motifs is 3. The molecule has 0 radical (unpaired) electrons. The number of carboxylic acid groups (broad SMARTS) is 3. The highest BCUT2D eigenvalue weighted by atomic mass is 16.5. The van der Waals surface area contributed by atoms with Crippen LogP contribution in [0.3, 0.4) is 0 Å². The zero-order chi connectivity index (χ0) is 27.7. The van der Waals surface area contributed by atoms with Gasteiger partial charge in [-0.3, -0.25) is 24.0 Å². The molecule has 0 spiro atoms. The molecule has 6 atom stereocenters. The van der Waals surface area contributed by atoms with Crippen molar-refractivity contribution in [1.29, 1.82) is 0 Å². The van der Waals surface area contributed by atoms with E-state index in [1.165, 1.54) is 4.90 Å². The van der Waals surface area contributed by atoms with Gasteiger partial charge < -0.3 is 30.1 Å². The molecule has 1 amide bonds. The maximum Gasteiger partial charge on any atom is 0.307 e. The minimum absolute atomic E-state index is 0.0639. The van der Waals surface area contributed by atoms with Gasteiger partial charge in [-0.05, 0) is 36.0 Å². The van der Waals surface area contributed by atoms with Gasteiger partial charge in [-0.2, -0.15) is 0 Å². The average Bonchev–Trinajstić information content (AvgIpc) is 3.01. The van der Waals surface area contributed by atoms with E-state index in [9.17, 15) is 34.2 Å². The van der Waals surface area contributed by atoms with Crippen LogP contribution in [0.1, 0.15) is 65.7 Å². The number of nitrogens with zero attached hydrogens (tertiary/aromatic N) is 1. The molecule has 0 bridgehead atoms. The van der Waals surface area contributed by atoms with Crippen LogP contribution >= 0.6 is 0 Å². The van der Waals surface area contributed by atoms with E-state index in [-0.39, 0.29) is 49.2 Å². The summed E-state index contributed by atoms with van der Waals surface area (Å²) in [5, 5.41) is 38.4. The Balaban J connectivity index is 1.86. The standard InChI is InChI=1S/C26H37NO10/c1-25(2)7-5-8-26(3)20-16(22(33)27(23(20)34)9-4-6-17(28)29)10-15(21(25)26)13-37-19(32)12-14(24(35)36)11-18(30)31/h10,14-15,20-21,23,34H,4-9,11-13H2,1-3H3,(H,28,29)(H,30,31)(H,35,36)/t14-,15+,20?,21-,23-,26?/m0/s1. The van der Waals surface area contributed by atoms with E-state index in [1.807, 2.05) is 0 Å². The predicted molar refractivity (Wildman–Crippen MR) is 128 cm³/mol. The molecular formula is C26H37NO10. The summed E-state index contributed by atoms with van der Waals surface area (Å²) in [7, 11) is 0. The normalized spacial score (nSPS) is 31.1. The maximum atomic E-state index is 13.3. The van der Waals surface area contributed by atoms with Crippen molar-refractivity contribution >= 4 is 29.8 Å². The Morgan fingerprint density at radius 2 is 1.76 bits per heavy atom. The number of aliphatic hydroxyl groups excluding tert-OH is 1. The molecule has 1 saturated heterocycles. The van der Waals surface area contributed by atoms with Crippen molar-refractivity contribution in [1.82, 2.24) is 4.90 Å². The number of hydrogen-bond donors (Lipinski definition) is 4. The molecule has 206 valence electrons. The van der Waals surface area contributed by atoms with Gasteiger partial charge in [0, 0.05) is 30.4 Å². The minimum Gasteiger partial charge on any atom is -0.481 e. The highest BCUT2D eigenvalue weighted by Crippen LogP contribution is 2.63. The highest BCUT2D eigenvalue weighted by molar-refractivity contribution is 5.97. The largest absolute Gasteiger partial charge is 0.481 e. The molecule has 0 aromatic carbocycles. The number of rotatable bonds is 11. The molecule has 37 heavy (non-hydrogen) atoms. The molecule has 3 rings (SSSR count). The molecule has 0 aromatic heterocycles. The second-order valence-corrected chi connectivity index (χ2v) is 11.5. The van der Waals surface area contributed by atoms with Crippen molar-refractivity contribution in [2.45, 2.75) is 71.9 Å². The van der Waals surface area contributed by atoms with Crippen LogP contribution in [0, 0.1) is 34.5 Å². The Hall–Kier alpha value is -2.95. The second-order valence-electron chi connectivity index (χ2n) is 11.5. The molecule has 11 nitrogen and oxygen atoms in total. The Labute approximate surface area is 215 Å². The summed E-state index contributed by atoms with van der Waals surface area (Å²) in [5.41, 5.74) is -0.264. The summed E-state index contributed by atoms with van der Waals surface area (Å²) in [4.78, 5) is 60.4. The molecule has 2 aliphatic carbocycles. The first kappa shape index (κ1) is 28.6. The lowest BCUT2D eigenvalue weighted by Crippen LogP contribution is -2.55. The van der Waals surface area contributed by atoms with Crippen LogP contribution in [-0.4, -0.2) is 74.5 Å². The lowest BCUT2D eigenvalue weighted by Gasteiger charge is -2.58. The lowest BCUT2D eigenvalue weighted by atomic mass is 9.46. The van der Waals surface area contributed by atoms with E-state index < -0.39 is 60.2 Å². The van der Waals surface area contributed by atoms with Crippen LogP contribution in [0.4, 0.5) is 0 Å². The third-order valence-electron chi connectivity index (χ3n) is 8.49. The summed E-state index contributed by atoms with van der Waals surface area (Å²) < 4.78 is 5.47. The molecule has 11 heteroatoms. The fourth-order valence-electron chi connectivity index (χ4n) is 7.19. The molecule has 3 aliphatic rings. The first-order valence-corrected chi connectivity index (χ1v) is 12.7. The first-order valence-electron chi connectivity index (χ1n) is 12.7. The van der Waals surface area contributed by atoms with Gasteiger partial charge in [-0.25, -0.2) is 0 Å². The molecule has 2 unspecified atom stereocenters. The summed E-state index contributed by atoms with van der Waals surface area (Å²) in [5.74, 6) is -7.17. The van der Waals surface area contributed by atoms with E-state index in [1.54, 1.807) is 6.08 Å². The third kappa shape index (κ3) is 5.81. The Morgan fingerprint density at radius 3 is 2.35 bits per heavy atom. The van der Waals surface area contributed by atoms with E-state index in [0.717, 1.165) is 19.3 Å². The number of likely N-dealkylation sites (tertiary alicyclic amines) is 1. The van der Waals surface area contributed by atoms with Gasteiger partial charge in [0.25, 0.3) is 5.91 Å². The van der Waals surface area contributed by atoms with Crippen LogP contribution in [-0.2, 0) is 28.7 Å². The maximum absolute atomic E-state index is 13.3.